The van der Waals surface area contributed by atoms with Crippen LogP contribution in [0.5, 0.6) is 0 Å². The van der Waals surface area contributed by atoms with Crippen molar-refractivity contribution in [1.29, 1.82) is 5.26 Å². The first kappa shape index (κ1) is 10.5. The molecule has 0 spiro atoms. The molecule has 0 radical (unpaired) electrons. The van der Waals surface area contributed by atoms with E-state index in [1.165, 1.54) is 5.56 Å². The van der Waals surface area contributed by atoms with E-state index < -0.39 is 0 Å². The predicted molar refractivity (Wildman–Crippen MR) is 70.1 cm³/mol. The first-order chi connectivity index (χ1) is 8.76. The van der Waals surface area contributed by atoms with Crippen LogP contribution >= 0.6 is 0 Å². The highest BCUT2D eigenvalue weighted by molar-refractivity contribution is 5.67. The third-order valence-electron chi connectivity index (χ3n) is 2.94. The Morgan fingerprint density at radius 2 is 1.89 bits per heavy atom. The van der Waals surface area contributed by atoms with Crippen LogP contribution in [0, 0.1) is 18.3 Å². The van der Waals surface area contributed by atoms with Crippen LogP contribution in [0.15, 0.2) is 48.7 Å². The molecule has 0 bridgehead atoms. The standard InChI is InChI=1S/C15H11N3/c1-11-2-4-13(5-3-11)15-9-14-8-12(10-16)6-7-18(14)17-15/h2-9H,1H3. The maximum absolute atomic E-state index is 8.87. The molecule has 86 valence electrons. The van der Waals surface area contributed by atoms with Crippen LogP contribution in [-0.2, 0) is 0 Å². The molecule has 0 aliphatic rings. The summed E-state index contributed by atoms with van der Waals surface area (Å²) >= 11 is 0. The van der Waals surface area contributed by atoms with Gasteiger partial charge in [0.2, 0.25) is 0 Å². The minimum atomic E-state index is 0.651. The fourth-order valence-corrected chi connectivity index (χ4v) is 1.93. The molecule has 0 N–H and O–H groups in total. The van der Waals surface area contributed by atoms with E-state index in [9.17, 15) is 0 Å². The predicted octanol–water partition coefficient (Wildman–Crippen LogP) is 3.18. The molecule has 18 heavy (non-hydrogen) atoms. The lowest BCUT2D eigenvalue weighted by Gasteiger charge is -1.96. The molecule has 1 aromatic carbocycles. The number of hydrogen-bond donors (Lipinski definition) is 0. The lowest BCUT2D eigenvalue weighted by molar-refractivity contribution is 0.964. The van der Waals surface area contributed by atoms with Crippen LogP contribution in [0.4, 0.5) is 0 Å². The molecule has 0 fully saturated rings. The van der Waals surface area contributed by atoms with Gasteiger partial charge in [-0.25, -0.2) is 4.52 Å². The van der Waals surface area contributed by atoms with Gasteiger partial charge < -0.3 is 0 Å². The van der Waals surface area contributed by atoms with E-state index in [1.54, 1.807) is 10.6 Å². The lowest BCUT2D eigenvalue weighted by Crippen LogP contribution is -1.87. The highest BCUT2D eigenvalue weighted by atomic mass is 15.2. The summed E-state index contributed by atoms with van der Waals surface area (Å²) in [6.45, 7) is 2.06. The Bertz CT molecular complexity index is 745. The molecule has 0 atom stereocenters. The lowest BCUT2D eigenvalue weighted by atomic mass is 10.1. The van der Waals surface area contributed by atoms with E-state index in [-0.39, 0.29) is 0 Å². The second kappa shape index (κ2) is 4.01. The van der Waals surface area contributed by atoms with Crippen molar-refractivity contribution in [3.8, 4) is 17.3 Å². The molecule has 0 amide bonds. The highest BCUT2D eigenvalue weighted by Gasteiger charge is 2.04. The molecule has 3 nitrogen and oxygen atoms in total. The Morgan fingerprint density at radius 3 is 2.61 bits per heavy atom. The first-order valence-electron chi connectivity index (χ1n) is 5.73. The molecule has 0 saturated heterocycles. The summed E-state index contributed by atoms with van der Waals surface area (Å²) in [6, 6.07) is 16.0. The smallest absolute Gasteiger partial charge is 0.0992 e. The number of fused-ring (bicyclic) bond motifs is 1. The van der Waals surface area contributed by atoms with E-state index in [4.69, 9.17) is 5.26 Å². The quantitative estimate of drug-likeness (QED) is 0.647. The number of nitrogens with zero attached hydrogens (tertiary/aromatic N) is 3. The minimum absolute atomic E-state index is 0.651. The molecular formula is C15H11N3. The van der Waals surface area contributed by atoms with E-state index in [0.29, 0.717) is 5.56 Å². The van der Waals surface area contributed by atoms with E-state index in [2.05, 4.69) is 42.4 Å². The SMILES string of the molecule is Cc1ccc(-c2cc3cc(C#N)ccn3n2)cc1. The zero-order valence-electron chi connectivity index (χ0n) is 9.96. The van der Waals surface area contributed by atoms with Gasteiger partial charge in [0, 0.05) is 11.8 Å². The third-order valence-corrected chi connectivity index (χ3v) is 2.94. The Labute approximate surface area is 105 Å². The monoisotopic (exact) mass is 233 g/mol. The molecule has 0 aliphatic carbocycles. The Kier molecular flexibility index (Phi) is 2.35. The van der Waals surface area contributed by atoms with Crippen molar-refractivity contribution in [1.82, 2.24) is 9.61 Å². The Hall–Kier alpha value is -2.60. The fourth-order valence-electron chi connectivity index (χ4n) is 1.93. The third kappa shape index (κ3) is 1.74. The number of hydrogen-bond acceptors (Lipinski definition) is 2. The molecule has 3 heteroatoms. The van der Waals surface area contributed by atoms with E-state index >= 15 is 0 Å². The molecule has 3 rings (SSSR count). The normalized spacial score (nSPS) is 10.4. The van der Waals surface area contributed by atoms with Crippen molar-refractivity contribution < 1.29 is 0 Å². The number of aryl methyl sites for hydroxylation is 1. The summed E-state index contributed by atoms with van der Waals surface area (Å²) in [6.07, 6.45) is 1.81. The van der Waals surface area contributed by atoms with Crippen molar-refractivity contribution in [3.63, 3.8) is 0 Å². The largest absolute Gasteiger partial charge is 0.240 e. The van der Waals surface area contributed by atoms with Gasteiger partial charge in [0.15, 0.2) is 0 Å². The summed E-state index contributed by atoms with van der Waals surface area (Å²) in [4.78, 5) is 0. The number of aromatic nitrogens is 2. The second-order valence-corrected chi connectivity index (χ2v) is 4.29. The van der Waals surface area contributed by atoms with Crippen LogP contribution in [0.3, 0.4) is 0 Å². The first-order valence-corrected chi connectivity index (χ1v) is 5.73. The Balaban J connectivity index is 2.13. The van der Waals surface area contributed by atoms with Crippen LogP contribution < -0.4 is 0 Å². The van der Waals surface area contributed by atoms with Gasteiger partial charge in [0.1, 0.15) is 0 Å². The van der Waals surface area contributed by atoms with Crippen LogP contribution in [0.1, 0.15) is 11.1 Å². The van der Waals surface area contributed by atoms with Gasteiger partial charge in [-0.05, 0) is 25.1 Å². The van der Waals surface area contributed by atoms with Gasteiger partial charge in [0.05, 0.1) is 22.8 Å². The van der Waals surface area contributed by atoms with Crippen LogP contribution in [-0.4, -0.2) is 9.61 Å². The molecule has 0 saturated carbocycles. The zero-order valence-corrected chi connectivity index (χ0v) is 9.96. The van der Waals surface area contributed by atoms with Crippen molar-refractivity contribution in [3.05, 3.63) is 59.8 Å². The minimum Gasteiger partial charge on any atom is -0.240 e. The Morgan fingerprint density at radius 1 is 1.11 bits per heavy atom. The van der Waals surface area contributed by atoms with Crippen molar-refractivity contribution in [2.24, 2.45) is 0 Å². The van der Waals surface area contributed by atoms with E-state index in [0.717, 1.165) is 16.8 Å². The maximum Gasteiger partial charge on any atom is 0.0992 e. The molecule has 0 unspecified atom stereocenters. The van der Waals surface area contributed by atoms with Crippen molar-refractivity contribution >= 4 is 5.52 Å². The highest BCUT2D eigenvalue weighted by Crippen LogP contribution is 2.20. The maximum atomic E-state index is 8.87. The summed E-state index contributed by atoms with van der Waals surface area (Å²) < 4.78 is 1.79. The number of benzene rings is 1. The summed E-state index contributed by atoms with van der Waals surface area (Å²) in [5.74, 6) is 0. The summed E-state index contributed by atoms with van der Waals surface area (Å²) in [5.41, 5.74) is 4.82. The molecule has 2 aromatic heterocycles. The van der Waals surface area contributed by atoms with Gasteiger partial charge >= 0.3 is 0 Å². The summed E-state index contributed by atoms with van der Waals surface area (Å²) in [5, 5.41) is 13.4. The average Bonchev–Trinajstić information content (AvgIpc) is 2.82. The van der Waals surface area contributed by atoms with Gasteiger partial charge in [-0.2, -0.15) is 10.4 Å². The van der Waals surface area contributed by atoms with E-state index in [1.807, 2.05) is 18.3 Å². The second-order valence-electron chi connectivity index (χ2n) is 4.29. The van der Waals surface area contributed by atoms with Gasteiger partial charge in [0.25, 0.3) is 0 Å². The summed E-state index contributed by atoms with van der Waals surface area (Å²) in [7, 11) is 0. The van der Waals surface area contributed by atoms with Crippen LogP contribution in [0.2, 0.25) is 0 Å². The van der Waals surface area contributed by atoms with Gasteiger partial charge in [-0.1, -0.05) is 29.8 Å². The molecule has 0 aliphatic heterocycles. The fraction of sp³-hybridized carbons (Fsp3) is 0.0667. The topological polar surface area (TPSA) is 41.1 Å². The van der Waals surface area contributed by atoms with Gasteiger partial charge in [-0.3, -0.25) is 0 Å². The van der Waals surface area contributed by atoms with Gasteiger partial charge in [-0.15, -0.1) is 0 Å². The van der Waals surface area contributed by atoms with Crippen molar-refractivity contribution in [2.75, 3.05) is 0 Å². The van der Waals surface area contributed by atoms with Crippen LogP contribution in [0.25, 0.3) is 16.8 Å². The average molecular weight is 233 g/mol. The zero-order chi connectivity index (χ0) is 12.5. The van der Waals surface area contributed by atoms with Crippen molar-refractivity contribution in [2.45, 2.75) is 6.92 Å². The molecular weight excluding hydrogens is 222 g/mol. The molecule has 3 aromatic rings. The number of pyridine rings is 1. The number of rotatable bonds is 1. The number of nitriles is 1. The molecule has 2 heterocycles.